The average Bonchev–Trinajstić information content (AvgIpc) is 2.76. The average molecular weight is 402 g/mol. The van der Waals surface area contributed by atoms with Crippen LogP contribution >= 0.6 is 0 Å². The molecule has 154 valence electrons. The van der Waals surface area contributed by atoms with Gasteiger partial charge in [0.05, 0.1) is 24.3 Å². The SMILES string of the molecule is Cc1cccc(NC(=O)[C@H]2CCCN(c3cnn(Cc4ccccc4)c(=O)c3)C2)c1. The molecule has 1 fully saturated rings. The zero-order valence-electron chi connectivity index (χ0n) is 17.1. The molecule has 1 aliphatic heterocycles. The van der Waals surface area contributed by atoms with E-state index in [4.69, 9.17) is 0 Å². The third kappa shape index (κ3) is 4.76. The van der Waals surface area contributed by atoms with E-state index in [0.717, 1.165) is 41.9 Å². The summed E-state index contributed by atoms with van der Waals surface area (Å²) in [5.41, 5.74) is 3.60. The number of aromatic nitrogens is 2. The number of piperidine rings is 1. The zero-order valence-corrected chi connectivity index (χ0v) is 17.1. The first-order valence-electron chi connectivity index (χ1n) is 10.3. The number of aryl methyl sites for hydroxylation is 1. The first-order valence-corrected chi connectivity index (χ1v) is 10.3. The van der Waals surface area contributed by atoms with E-state index >= 15 is 0 Å². The highest BCUT2D eigenvalue weighted by molar-refractivity contribution is 5.93. The molecule has 3 aromatic rings. The Balaban J connectivity index is 1.43. The summed E-state index contributed by atoms with van der Waals surface area (Å²) in [4.78, 5) is 27.4. The molecule has 2 heterocycles. The van der Waals surface area contributed by atoms with Crippen molar-refractivity contribution in [3.05, 3.63) is 88.3 Å². The van der Waals surface area contributed by atoms with Gasteiger partial charge in [0.15, 0.2) is 0 Å². The van der Waals surface area contributed by atoms with Crippen LogP contribution in [0.15, 0.2) is 71.7 Å². The van der Waals surface area contributed by atoms with Gasteiger partial charge in [0.1, 0.15) is 0 Å². The first kappa shape index (κ1) is 19.9. The quantitative estimate of drug-likeness (QED) is 0.710. The maximum absolute atomic E-state index is 12.8. The number of amides is 1. The largest absolute Gasteiger partial charge is 0.369 e. The highest BCUT2D eigenvalue weighted by Gasteiger charge is 2.26. The minimum atomic E-state index is -0.136. The second-order valence-corrected chi connectivity index (χ2v) is 7.84. The summed E-state index contributed by atoms with van der Waals surface area (Å²) in [6.45, 7) is 3.85. The fourth-order valence-corrected chi connectivity index (χ4v) is 3.86. The minimum Gasteiger partial charge on any atom is -0.369 e. The van der Waals surface area contributed by atoms with Crippen molar-refractivity contribution in [2.45, 2.75) is 26.3 Å². The smallest absolute Gasteiger partial charge is 0.269 e. The second-order valence-electron chi connectivity index (χ2n) is 7.84. The molecule has 4 rings (SSSR count). The molecule has 0 unspecified atom stereocenters. The van der Waals surface area contributed by atoms with Crippen molar-refractivity contribution in [3.8, 4) is 0 Å². The number of rotatable bonds is 5. The Kier molecular flexibility index (Phi) is 5.93. The van der Waals surface area contributed by atoms with Crippen LogP contribution in [0.2, 0.25) is 0 Å². The van der Waals surface area contributed by atoms with Crippen molar-refractivity contribution < 1.29 is 4.79 Å². The van der Waals surface area contributed by atoms with E-state index < -0.39 is 0 Å². The number of carbonyl (C=O) groups is 1. The molecule has 6 heteroatoms. The Labute approximate surface area is 176 Å². The van der Waals surface area contributed by atoms with Gasteiger partial charge in [-0.05, 0) is 43.0 Å². The lowest BCUT2D eigenvalue weighted by atomic mass is 9.96. The molecule has 1 saturated heterocycles. The zero-order chi connectivity index (χ0) is 20.9. The normalized spacial score (nSPS) is 16.3. The molecule has 0 bridgehead atoms. The van der Waals surface area contributed by atoms with Crippen molar-refractivity contribution in [1.29, 1.82) is 0 Å². The lowest BCUT2D eigenvalue weighted by Gasteiger charge is -2.33. The predicted molar refractivity (Wildman–Crippen MR) is 119 cm³/mol. The molecule has 1 N–H and O–H groups in total. The summed E-state index contributed by atoms with van der Waals surface area (Å²) in [6.07, 6.45) is 3.47. The highest BCUT2D eigenvalue weighted by Crippen LogP contribution is 2.23. The van der Waals surface area contributed by atoms with E-state index in [2.05, 4.69) is 15.3 Å². The molecule has 6 nitrogen and oxygen atoms in total. The van der Waals surface area contributed by atoms with Crippen LogP contribution in [-0.2, 0) is 11.3 Å². The van der Waals surface area contributed by atoms with Gasteiger partial charge in [0.2, 0.25) is 5.91 Å². The fraction of sp³-hybridized carbons (Fsp3) is 0.292. The van der Waals surface area contributed by atoms with Gasteiger partial charge in [-0.3, -0.25) is 9.59 Å². The summed E-state index contributed by atoms with van der Waals surface area (Å²) in [5.74, 6) is -0.0957. The number of hydrogen-bond donors (Lipinski definition) is 1. The van der Waals surface area contributed by atoms with Crippen molar-refractivity contribution >= 4 is 17.3 Å². The Hall–Kier alpha value is -3.41. The van der Waals surface area contributed by atoms with Crippen LogP contribution in [0.4, 0.5) is 11.4 Å². The summed E-state index contributed by atoms with van der Waals surface area (Å²) >= 11 is 0. The molecular formula is C24H26N4O2. The van der Waals surface area contributed by atoms with Gasteiger partial charge in [-0.1, -0.05) is 42.5 Å². The number of benzene rings is 2. The molecule has 2 aromatic carbocycles. The van der Waals surface area contributed by atoms with E-state index in [1.165, 1.54) is 4.68 Å². The molecule has 0 aliphatic carbocycles. The minimum absolute atomic E-state index is 0.0238. The molecule has 1 amide bonds. The van der Waals surface area contributed by atoms with Crippen molar-refractivity contribution in [2.24, 2.45) is 5.92 Å². The van der Waals surface area contributed by atoms with E-state index in [-0.39, 0.29) is 17.4 Å². The van der Waals surface area contributed by atoms with E-state index in [9.17, 15) is 9.59 Å². The number of nitrogens with zero attached hydrogens (tertiary/aromatic N) is 3. The maximum atomic E-state index is 12.8. The molecule has 1 aromatic heterocycles. The Bertz CT molecular complexity index is 1080. The van der Waals surface area contributed by atoms with Crippen molar-refractivity contribution in [1.82, 2.24) is 9.78 Å². The summed E-state index contributed by atoms with van der Waals surface area (Å²) in [5, 5.41) is 7.38. The van der Waals surface area contributed by atoms with E-state index in [0.29, 0.717) is 13.1 Å². The summed E-state index contributed by atoms with van der Waals surface area (Å²) < 4.78 is 1.46. The lowest BCUT2D eigenvalue weighted by molar-refractivity contribution is -0.120. The standard InChI is InChI=1S/C24H26N4O2/c1-18-7-5-11-21(13-18)26-24(30)20-10-6-12-27(17-20)22-14-23(29)28(25-15-22)16-19-8-3-2-4-9-19/h2-5,7-9,11,13-15,20H,6,10,12,16-17H2,1H3,(H,26,30)/t20-/m0/s1. The third-order valence-electron chi connectivity index (χ3n) is 5.47. The molecule has 0 spiro atoms. The highest BCUT2D eigenvalue weighted by atomic mass is 16.2. The molecule has 30 heavy (non-hydrogen) atoms. The van der Waals surface area contributed by atoms with Gasteiger partial charge in [-0.15, -0.1) is 0 Å². The van der Waals surface area contributed by atoms with Gasteiger partial charge in [0.25, 0.3) is 5.56 Å². The Morgan fingerprint density at radius 3 is 2.73 bits per heavy atom. The topological polar surface area (TPSA) is 67.2 Å². The molecule has 0 radical (unpaired) electrons. The van der Waals surface area contributed by atoms with E-state index in [1.54, 1.807) is 12.3 Å². The van der Waals surface area contributed by atoms with Gasteiger partial charge >= 0.3 is 0 Å². The molecule has 0 saturated carbocycles. The van der Waals surface area contributed by atoms with Crippen LogP contribution in [-0.4, -0.2) is 28.8 Å². The van der Waals surface area contributed by atoms with Gasteiger partial charge in [-0.25, -0.2) is 4.68 Å². The van der Waals surface area contributed by atoms with E-state index in [1.807, 2.05) is 61.5 Å². The third-order valence-corrected chi connectivity index (χ3v) is 5.47. The summed E-state index contributed by atoms with van der Waals surface area (Å²) in [6, 6.07) is 19.2. The van der Waals surface area contributed by atoms with Crippen molar-refractivity contribution in [2.75, 3.05) is 23.3 Å². The van der Waals surface area contributed by atoms with Crippen LogP contribution in [0.5, 0.6) is 0 Å². The van der Waals surface area contributed by atoms with Gasteiger partial charge in [-0.2, -0.15) is 5.10 Å². The van der Waals surface area contributed by atoms with Crippen LogP contribution in [0.3, 0.4) is 0 Å². The number of hydrogen-bond acceptors (Lipinski definition) is 4. The number of carbonyl (C=O) groups excluding carboxylic acids is 1. The van der Waals surface area contributed by atoms with Crippen molar-refractivity contribution in [3.63, 3.8) is 0 Å². The van der Waals surface area contributed by atoms with Crippen LogP contribution in [0, 0.1) is 12.8 Å². The second kappa shape index (κ2) is 8.95. The first-order chi connectivity index (χ1) is 14.6. The Morgan fingerprint density at radius 1 is 1.13 bits per heavy atom. The maximum Gasteiger partial charge on any atom is 0.269 e. The molecule has 1 aliphatic rings. The number of anilines is 2. The molecular weight excluding hydrogens is 376 g/mol. The van der Waals surface area contributed by atoms with Crippen LogP contribution < -0.4 is 15.8 Å². The predicted octanol–water partition coefficient (Wildman–Crippen LogP) is 3.46. The number of nitrogens with one attached hydrogen (secondary N) is 1. The van der Waals surface area contributed by atoms with Crippen LogP contribution in [0.25, 0.3) is 0 Å². The Morgan fingerprint density at radius 2 is 1.97 bits per heavy atom. The van der Waals surface area contributed by atoms with Crippen LogP contribution in [0.1, 0.15) is 24.0 Å². The van der Waals surface area contributed by atoms with Gasteiger partial charge < -0.3 is 10.2 Å². The lowest BCUT2D eigenvalue weighted by Crippen LogP contribution is -2.41. The summed E-state index contributed by atoms with van der Waals surface area (Å²) in [7, 11) is 0. The fourth-order valence-electron chi connectivity index (χ4n) is 3.86. The molecule has 1 atom stereocenters. The van der Waals surface area contributed by atoms with Gasteiger partial charge in [0, 0.05) is 24.8 Å². The monoisotopic (exact) mass is 402 g/mol.